The summed E-state index contributed by atoms with van der Waals surface area (Å²) in [7, 11) is 3.68. The number of rotatable bonds is 6. The summed E-state index contributed by atoms with van der Waals surface area (Å²) >= 11 is 0. The fraction of sp³-hybridized carbons (Fsp3) is 0.278. The molecule has 0 aliphatic rings. The Bertz CT molecular complexity index is 899. The number of aryl methyl sites for hydroxylation is 1. The summed E-state index contributed by atoms with van der Waals surface area (Å²) in [5, 5.41) is 14.0. The largest absolute Gasteiger partial charge is 0.322 e. The van der Waals surface area contributed by atoms with Crippen LogP contribution in [0.4, 0.5) is 10.1 Å². The normalized spacial score (nSPS) is 11.1. The number of carbonyl (C=O) groups is 1. The number of likely N-dealkylation sites (N-methyl/N-ethyl adjacent to an activating group) is 1. The van der Waals surface area contributed by atoms with Crippen LogP contribution in [0.15, 0.2) is 36.7 Å². The zero-order chi connectivity index (χ0) is 18.7. The first-order valence-corrected chi connectivity index (χ1v) is 8.19. The number of H-pyrrole nitrogens is 1. The second-order valence-electron chi connectivity index (χ2n) is 6.26. The Labute approximate surface area is 150 Å². The molecule has 2 heterocycles. The first kappa shape index (κ1) is 17.8. The van der Waals surface area contributed by atoms with Crippen LogP contribution in [0.1, 0.15) is 11.3 Å². The van der Waals surface area contributed by atoms with Gasteiger partial charge < -0.3 is 5.32 Å². The molecule has 8 heteroatoms. The summed E-state index contributed by atoms with van der Waals surface area (Å²) in [6, 6.07) is 6.22. The molecule has 0 aliphatic heterocycles. The van der Waals surface area contributed by atoms with E-state index in [1.165, 1.54) is 12.1 Å². The van der Waals surface area contributed by atoms with Crippen molar-refractivity contribution in [1.29, 1.82) is 0 Å². The second kappa shape index (κ2) is 7.49. The van der Waals surface area contributed by atoms with E-state index in [1.807, 2.05) is 25.9 Å². The van der Waals surface area contributed by atoms with Crippen molar-refractivity contribution in [2.24, 2.45) is 7.05 Å². The third kappa shape index (κ3) is 3.97. The fourth-order valence-corrected chi connectivity index (χ4v) is 2.70. The van der Waals surface area contributed by atoms with E-state index >= 15 is 0 Å². The van der Waals surface area contributed by atoms with Crippen molar-refractivity contribution in [3.05, 3.63) is 53.7 Å². The summed E-state index contributed by atoms with van der Waals surface area (Å²) in [6.45, 7) is 2.65. The van der Waals surface area contributed by atoms with Gasteiger partial charge in [0.25, 0.3) is 0 Å². The second-order valence-corrected chi connectivity index (χ2v) is 6.26. The SMILES string of the molecule is Cc1c(NC(=O)CN(C)Cc2cn[nH]c2-c2ccc(F)cc2)cnn1C. The van der Waals surface area contributed by atoms with Gasteiger partial charge in [0, 0.05) is 24.7 Å². The molecule has 0 bridgehead atoms. The molecule has 3 aromatic rings. The molecule has 0 atom stereocenters. The number of hydrogen-bond acceptors (Lipinski definition) is 4. The smallest absolute Gasteiger partial charge is 0.238 e. The third-order valence-corrected chi connectivity index (χ3v) is 4.21. The van der Waals surface area contributed by atoms with E-state index in [0.717, 1.165) is 22.5 Å². The molecule has 0 radical (unpaired) electrons. The molecule has 26 heavy (non-hydrogen) atoms. The highest BCUT2D eigenvalue weighted by Crippen LogP contribution is 2.22. The first-order valence-electron chi connectivity index (χ1n) is 8.19. The number of aromatic nitrogens is 4. The Balaban J connectivity index is 1.63. The van der Waals surface area contributed by atoms with Gasteiger partial charge in [0.1, 0.15) is 5.82 Å². The quantitative estimate of drug-likeness (QED) is 0.710. The van der Waals surface area contributed by atoms with E-state index in [9.17, 15) is 9.18 Å². The molecule has 0 spiro atoms. The van der Waals surface area contributed by atoms with Gasteiger partial charge in [-0.05, 0) is 38.2 Å². The highest BCUT2D eigenvalue weighted by molar-refractivity contribution is 5.92. The molecule has 0 saturated heterocycles. The van der Waals surface area contributed by atoms with Gasteiger partial charge in [-0.25, -0.2) is 4.39 Å². The molecule has 1 aromatic carbocycles. The van der Waals surface area contributed by atoms with Crippen molar-refractivity contribution >= 4 is 11.6 Å². The molecular formula is C18H21FN6O. The average molecular weight is 356 g/mol. The van der Waals surface area contributed by atoms with Gasteiger partial charge in [-0.1, -0.05) is 0 Å². The molecule has 0 unspecified atom stereocenters. The average Bonchev–Trinajstić information content (AvgIpc) is 3.17. The molecule has 0 fully saturated rings. The number of carbonyl (C=O) groups excluding carboxylic acids is 1. The Morgan fingerprint density at radius 3 is 2.69 bits per heavy atom. The summed E-state index contributed by atoms with van der Waals surface area (Å²) in [6.07, 6.45) is 3.36. The van der Waals surface area contributed by atoms with Crippen LogP contribution in [0, 0.1) is 12.7 Å². The molecule has 1 amide bonds. The lowest BCUT2D eigenvalue weighted by molar-refractivity contribution is -0.117. The maximum absolute atomic E-state index is 13.1. The van der Waals surface area contributed by atoms with Crippen LogP contribution in [0.25, 0.3) is 11.3 Å². The highest BCUT2D eigenvalue weighted by Gasteiger charge is 2.14. The first-order chi connectivity index (χ1) is 12.4. The monoisotopic (exact) mass is 356 g/mol. The van der Waals surface area contributed by atoms with E-state index < -0.39 is 0 Å². The lowest BCUT2D eigenvalue weighted by Crippen LogP contribution is -2.30. The van der Waals surface area contributed by atoms with Gasteiger partial charge in [0.15, 0.2) is 0 Å². The number of hydrogen-bond donors (Lipinski definition) is 2. The number of anilines is 1. The third-order valence-electron chi connectivity index (χ3n) is 4.21. The molecule has 0 saturated carbocycles. The number of nitrogens with zero attached hydrogens (tertiary/aromatic N) is 4. The zero-order valence-corrected chi connectivity index (χ0v) is 15.0. The van der Waals surface area contributed by atoms with E-state index in [0.29, 0.717) is 12.2 Å². The topological polar surface area (TPSA) is 78.8 Å². The predicted molar refractivity (Wildman–Crippen MR) is 96.9 cm³/mol. The standard InChI is InChI=1S/C18H21FN6O/c1-12-16(9-21-25(12)3)22-17(26)11-24(2)10-14-8-20-23-18(14)13-4-6-15(19)7-5-13/h4-9H,10-11H2,1-3H3,(H,20,23)(H,22,26). The van der Waals surface area contributed by atoms with Crippen LogP contribution in [0.2, 0.25) is 0 Å². The van der Waals surface area contributed by atoms with Gasteiger partial charge in [0.05, 0.1) is 36.0 Å². The van der Waals surface area contributed by atoms with Crippen molar-refractivity contribution in [3.8, 4) is 11.3 Å². The van der Waals surface area contributed by atoms with Crippen LogP contribution in [0.5, 0.6) is 0 Å². The number of nitrogens with one attached hydrogen (secondary N) is 2. The van der Waals surface area contributed by atoms with Crippen molar-refractivity contribution < 1.29 is 9.18 Å². The van der Waals surface area contributed by atoms with E-state index in [-0.39, 0.29) is 18.3 Å². The van der Waals surface area contributed by atoms with Crippen molar-refractivity contribution in [3.63, 3.8) is 0 Å². The number of aromatic amines is 1. The molecule has 136 valence electrons. The summed E-state index contributed by atoms with van der Waals surface area (Å²) < 4.78 is 14.8. The lowest BCUT2D eigenvalue weighted by Gasteiger charge is -2.16. The van der Waals surface area contributed by atoms with E-state index in [2.05, 4.69) is 20.6 Å². The van der Waals surface area contributed by atoms with Crippen molar-refractivity contribution in [1.82, 2.24) is 24.9 Å². The maximum Gasteiger partial charge on any atom is 0.238 e. The molecule has 3 rings (SSSR count). The molecule has 7 nitrogen and oxygen atoms in total. The Hall–Kier alpha value is -3.00. The van der Waals surface area contributed by atoms with Gasteiger partial charge in [-0.15, -0.1) is 0 Å². The summed E-state index contributed by atoms with van der Waals surface area (Å²) in [5.41, 5.74) is 4.21. The summed E-state index contributed by atoms with van der Waals surface area (Å²) in [5.74, 6) is -0.398. The molecule has 2 aromatic heterocycles. The summed E-state index contributed by atoms with van der Waals surface area (Å²) in [4.78, 5) is 14.1. The van der Waals surface area contributed by atoms with Crippen LogP contribution in [0.3, 0.4) is 0 Å². The Morgan fingerprint density at radius 2 is 2.04 bits per heavy atom. The number of benzene rings is 1. The van der Waals surface area contributed by atoms with Crippen molar-refractivity contribution in [2.75, 3.05) is 18.9 Å². The van der Waals surface area contributed by atoms with E-state index in [1.54, 1.807) is 29.2 Å². The van der Waals surface area contributed by atoms with E-state index in [4.69, 9.17) is 0 Å². The molecule has 0 aliphatic carbocycles. The minimum atomic E-state index is -0.283. The van der Waals surface area contributed by atoms with Gasteiger partial charge in [-0.2, -0.15) is 10.2 Å². The predicted octanol–water partition coefficient (Wildman–Crippen LogP) is 2.33. The van der Waals surface area contributed by atoms with Gasteiger partial charge in [0.2, 0.25) is 5.91 Å². The Morgan fingerprint density at radius 1 is 1.31 bits per heavy atom. The van der Waals surface area contributed by atoms with Crippen LogP contribution in [-0.4, -0.2) is 44.4 Å². The van der Waals surface area contributed by atoms with Crippen LogP contribution >= 0.6 is 0 Å². The highest BCUT2D eigenvalue weighted by atomic mass is 19.1. The van der Waals surface area contributed by atoms with Crippen LogP contribution in [-0.2, 0) is 18.4 Å². The number of halogens is 1. The lowest BCUT2D eigenvalue weighted by atomic mass is 10.1. The zero-order valence-electron chi connectivity index (χ0n) is 15.0. The van der Waals surface area contributed by atoms with Gasteiger partial charge >= 0.3 is 0 Å². The molecule has 2 N–H and O–H groups in total. The number of amides is 1. The maximum atomic E-state index is 13.1. The Kier molecular flexibility index (Phi) is 5.13. The van der Waals surface area contributed by atoms with Crippen molar-refractivity contribution in [2.45, 2.75) is 13.5 Å². The van der Waals surface area contributed by atoms with Gasteiger partial charge in [-0.3, -0.25) is 19.5 Å². The van der Waals surface area contributed by atoms with Crippen LogP contribution < -0.4 is 5.32 Å². The fourth-order valence-electron chi connectivity index (χ4n) is 2.70. The molecular weight excluding hydrogens is 335 g/mol. The minimum absolute atomic E-state index is 0.115. The minimum Gasteiger partial charge on any atom is -0.322 e.